The Morgan fingerprint density at radius 3 is 2.08 bits per heavy atom. The minimum absolute atomic E-state index is 0.0269. The van der Waals surface area contributed by atoms with Crippen molar-refractivity contribution in [3.8, 4) is 0 Å². The van der Waals surface area contributed by atoms with Crippen LogP contribution in [0.2, 0.25) is 0 Å². The number of rotatable bonds is 8. The zero-order chi connectivity index (χ0) is 18.9. The second kappa shape index (κ2) is 11.1. The van der Waals surface area contributed by atoms with Crippen LogP contribution in [0.4, 0.5) is 0 Å². The average molecular weight is 365 g/mol. The molecule has 0 radical (unpaired) electrons. The summed E-state index contributed by atoms with van der Waals surface area (Å²) < 4.78 is 0. The van der Waals surface area contributed by atoms with Crippen molar-refractivity contribution >= 4 is 11.7 Å². The van der Waals surface area contributed by atoms with Gasteiger partial charge in [0, 0.05) is 5.92 Å². The van der Waals surface area contributed by atoms with Crippen molar-refractivity contribution in [2.24, 2.45) is 17.8 Å². The number of hydrogen-bond donors (Lipinski definition) is 2. The third-order valence-electron chi connectivity index (χ3n) is 6.46. The predicted octanol–water partition coefficient (Wildman–Crippen LogP) is 5.14. The zero-order valence-corrected chi connectivity index (χ0v) is 17.0. The van der Waals surface area contributed by atoms with Crippen LogP contribution >= 0.6 is 0 Å². The Morgan fingerprint density at radius 2 is 1.58 bits per heavy atom. The van der Waals surface area contributed by atoms with Gasteiger partial charge in [0.05, 0.1) is 18.5 Å². The van der Waals surface area contributed by atoms with E-state index in [-0.39, 0.29) is 24.2 Å². The van der Waals surface area contributed by atoms with Crippen LogP contribution in [-0.4, -0.2) is 34.4 Å². The van der Waals surface area contributed by atoms with Gasteiger partial charge in [-0.25, -0.2) is 0 Å². The fraction of sp³-hybridized carbons (Fsp3) is 0.909. The third-order valence-corrected chi connectivity index (χ3v) is 6.46. The van der Waals surface area contributed by atoms with Gasteiger partial charge in [-0.1, -0.05) is 64.2 Å². The van der Waals surface area contributed by atoms with E-state index in [1.54, 1.807) is 13.8 Å². The van der Waals surface area contributed by atoms with Gasteiger partial charge in [0.25, 0.3) is 0 Å². The smallest absolute Gasteiger partial charge is 0.231 e. The fourth-order valence-electron chi connectivity index (χ4n) is 4.96. The van der Waals surface area contributed by atoms with Crippen LogP contribution in [0.1, 0.15) is 97.3 Å². The lowest BCUT2D eigenvalue weighted by atomic mass is 9.78. The minimum Gasteiger partial charge on any atom is -0.392 e. The minimum atomic E-state index is -0.590. The van der Waals surface area contributed by atoms with Crippen LogP contribution < -0.4 is 0 Å². The number of nitrogens with zero attached hydrogens (tertiary/aromatic N) is 1. The van der Waals surface area contributed by atoms with E-state index < -0.39 is 6.10 Å². The Hall–Kier alpha value is -0.900. The van der Waals surface area contributed by atoms with Crippen molar-refractivity contribution in [2.45, 2.75) is 103 Å². The molecule has 26 heavy (non-hydrogen) atoms. The fourth-order valence-corrected chi connectivity index (χ4v) is 4.96. The molecule has 0 aromatic carbocycles. The van der Waals surface area contributed by atoms with Crippen molar-refractivity contribution in [1.82, 2.24) is 4.90 Å². The van der Waals surface area contributed by atoms with Gasteiger partial charge in [-0.05, 0) is 44.9 Å². The van der Waals surface area contributed by atoms with Gasteiger partial charge in [0.2, 0.25) is 5.91 Å². The molecule has 4 nitrogen and oxygen atoms in total. The summed E-state index contributed by atoms with van der Waals surface area (Å²) >= 11 is 0. The molecule has 2 N–H and O–H groups in total. The van der Waals surface area contributed by atoms with E-state index in [1.165, 1.54) is 69.1 Å². The maximum absolute atomic E-state index is 13.2. The molecule has 1 unspecified atom stereocenters. The second-order valence-corrected chi connectivity index (χ2v) is 8.90. The molecule has 2 rings (SSSR count). The van der Waals surface area contributed by atoms with E-state index in [9.17, 15) is 9.90 Å². The van der Waals surface area contributed by atoms with Gasteiger partial charge in [-0.2, -0.15) is 0 Å². The number of carbonyl (C=O) groups is 1. The SMILES string of the molecule is CC(=N)N(C[C@@H](C)O)C(=O)C(CCC1CCCCC1)CC1CCCCC1. The standard InChI is InChI=1S/C22H40N2O2/c1-17(25)16-24(18(2)23)22(26)21(15-20-11-7-4-8-12-20)14-13-19-9-5-3-6-10-19/h17,19-21,23,25H,3-16H2,1-2H3/t17-,21?/m1/s1. The Morgan fingerprint density at radius 1 is 1.04 bits per heavy atom. The number of carbonyl (C=O) groups excluding carboxylic acids is 1. The first kappa shape index (κ1) is 21.4. The average Bonchev–Trinajstić information content (AvgIpc) is 2.64. The number of amidine groups is 1. The number of amides is 1. The van der Waals surface area contributed by atoms with Gasteiger partial charge in [0.15, 0.2) is 0 Å². The maximum atomic E-state index is 13.2. The summed E-state index contributed by atoms with van der Waals surface area (Å²) in [5.74, 6) is 1.83. The summed E-state index contributed by atoms with van der Waals surface area (Å²) in [4.78, 5) is 14.8. The third kappa shape index (κ3) is 7.02. The normalized spacial score (nSPS) is 22.0. The quantitative estimate of drug-likeness (QED) is 0.462. The van der Waals surface area contributed by atoms with Crippen LogP contribution in [-0.2, 0) is 4.79 Å². The van der Waals surface area contributed by atoms with Gasteiger partial charge in [-0.15, -0.1) is 0 Å². The van der Waals surface area contributed by atoms with E-state index in [2.05, 4.69) is 0 Å². The highest BCUT2D eigenvalue weighted by molar-refractivity contribution is 5.96. The molecule has 0 aliphatic heterocycles. The number of aliphatic hydroxyl groups is 1. The Bertz CT molecular complexity index is 437. The van der Waals surface area contributed by atoms with E-state index in [4.69, 9.17) is 5.41 Å². The molecule has 2 atom stereocenters. The van der Waals surface area contributed by atoms with Crippen LogP contribution in [0.3, 0.4) is 0 Å². The van der Waals surface area contributed by atoms with E-state index in [1.807, 2.05) is 0 Å². The highest BCUT2D eigenvalue weighted by atomic mass is 16.3. The molecular weight excluding hydrogens is 324 g/mol. The number of nitrogens with one attached hydrogen (secondary N) is 1. The van der Waals surface area contributed by atoms with Crippen molar-refractivity contribution in [3.05, 3.63) is 0 Å². The van der Waals surface area contributed by atoms with E-state index >= 15 is 0 Å². The molecule has 0 heterocycles. The summed E-state index contributed by atoms with van der Waals surface area (Å²) in [6, 6.07) is 0. The summed E-state index contributed by atoms with van der Waals surface area (Å²) in [6.07, 6.45) is 15.7. The number of aliphatic hydroxyl groups excluding tert-OH is 1. The summed E-state index contributed by atoms with van der Waals surface area (Å²) in [7, 11) is 0. The molecule has 2 aliphatic rings. The van der Waals surface area contributed by atoms with Crippen molar-refractivity contribution in [1.29, 1.82) is 5.41 Å². The van der Waals surface area contributed by atoms with Crippen LogP contribution in [0.25, 0.3) is 0 Å². The molecule has 0 saturated heterocycles. The van der Waals surface area contributed by atoms with Gasteiger partial charge < -0.3 is 5.11 Å². The van der Waals surface area contributed by atoms with Crippen molar-refractivity contribution < 1.29 is 9.90 Å². The van der Waals surface area contributed by atoms with Crippen molar-refractivity contribution in [2.75, 3.05) is 6.54 Å². The summed E-state index contributed by atoms with van der Waals surface area (Å²) in [6.45, 7) is 3.61. The molecule has 0 aromatic heterocycles. The molecule has 0 aromatic rings. The molecule has 2 fully saturated rings. The molecule has 2 saturated carbocycles. The van der Waals surface area contributed by atoms with Crippen LogP contribution in [0, 0.1) is 23.2 Å². The highest BCUT2D eigenvalue weighted by Gasteiger charge is 2.30. The summed E-state index contributed by atoms with van der Waals surface area (Å²) in [5, 5.41) is 17.8. The van der Waals surface area contributed by atoms with Gasteiger partial charge in [-0.3, -0.25) is 15.1 Å². The summed E-state index contributed by atoms with van der Waals surface area (Å²) in [5.41, 5.74) is 0. The van der Waals surface area contributed by atoms with Crippen LogP contribution in [0.5, 0.6) is 0 Å². The first-order chi connectivity index (χ1) is 12.5. The highest BCUT2D eigenvalue weighted by Crippen LogP contribution is 2.34. The lowest BCUT2D eigenvalue weighted by molar-refractivity contribution is -0.133. The molecule has 1 amide bonds. The van der Waals surface area contributed by atoms with Crippen molar-refractivity contribution in [3.63, 3.8) is 0 Å². The van der Waals surface area contributed by atoms with Crippen LogP contribution in [0.15, 0.2) is 0 Å². The molecule has 2 aliphatic carbocycles. The number of hydrogen-bond acceptors (Lipinski definition) is 3. The largest absolute Gasteiger partial charge is 0.392 e. The topological polar surface area (TPSA) is 64.4 Å². The molecule has 4 heteroatoms. The first-order valence-corrected chi connectivity index (χ1v) is 11.0. The zero-order valence-electron chi connectivity index (χ0n) is 17.0. The first-order valence-electron chi connectivity index (χ1n) is 11.0. The Labute approximate surface area is 160 Å². The second-order valence-electron chi connectivity index (χ2n) is 8.90. The van der Waals surface area contributed by atoms with E-state index in [0.29, 0.717) is 5.92 Å². The molecule has 0 spiro atoms. The van der Waals surface area contributed by atoms with E-state index in [0.717, 1.165) is 25.2 Å². The lowest BCUT2D eigenvalue weighted by Gasteiger charge is -2.32. The Kier molecular flexibility index (Phi) is 9.10. The molecule has 150 valence electrons. The molecular formula is C22H40N2O2. The predicted molar refractivity (Wildman–Crippen MR) is 107 cm³/mol. The lowest BCUT2D eigenvalue weighted by Crippen LogP contribution is -2.43. The molecule has 0 bridgehead atoms. The van der Waals surface area contributed by atoms with Gasteiger partial charge >= 0.3 is 0 Å². The van der Waals surface area contributed by atoms with Gasteiger partial charge in [0.1, 0.15) is 0 Å². The Balaban J connectivity index is 2.00. The maximum Gasteiger partial charge on any atom is 0.231 e. The monoisotopic (exact) mass is 364 g/mol.